The Balaban J connectivity index is 1.90. The molecule has 3 rings (SSSR count). The summed E-state index contributed by atoms with van der Waals surface area (Å²) in [7, 11) is -0.665. The molecule has 0 bridgehead atoms. The van der Waals surface area contributed by atoms with Gasteiger partial charge in [-0.15, -0.1) is 0 Å². The number of nitrogens with zero attached hydrogens (tertiary/aromatic N) is 2. The molecule has 9 heteroatoms. The van der Waals surface area contributed by atoms with Crippen molar-refractivity contribution in [3.05, 3.63) is 42.0 Å². The quantitative estimate of drug-likeness (QED) is 0.720. The minimum Gasteiger partial charge on any atom is -0.497 e. The van der Waals surface area contributed by atoms with E-state index >= 15 is 0 Å². The van der Waals surface area contributed by atoms with E-state index in [-0.39, 0.29) is 11.4 Å². The average molecular weight is 365 g/mol. The summed E-state index contributed by atoms with van der Waals surface area (Å²) in [5.41, 5.74) is 1.60. The Kier molecular flexibility index (Phi) is 4.65. The van der Waals surface area contributed by atoms with E-state index in [4.69, 9.17) is 9.47 Å². The van der Waals surface area contributed by atoms with Gasteiger partial charge in [-0.1, -0.05) is 6.07 Å². The van der Waals surface area contributed by atoms with Crippen LogP contribution in [0.15, 0.2) is 41.3 Å². The number of fused-ring (bicyclic) bond motifs is 1. The summed E-state index contributed by atoms with van der Waals surface area (Å²) < 4.78 is 46.4. The first-order valence-electron chi connectivity index (χ1n) is 6.97. The van der Waals surface area contributed by atoms with Crippen molar-refractivity contribution in [1.82, 2.24) is 13.5 Å². The first-order chi connectivity index (χ1) is 11.5. The lowest BCUT2D eigenvalue weighted by molar-refractivity contribution is 0.398. The summed E-state index contributed by atoms with van der Waals surface area (Å²) in [4.78, 5) is 0.107. The fraction of sp³-hybridized carbons (Fsp3) is 0.200. The predicted octanol–water partition coefficient (Wildman–Crippen LogP) is 2.19. The Morgan fingerprint density at radius 1 is 1.12 bits per heavy atom. The minimum absolute atomic E-state index is 0.0661. The molecule has 24 heavy (non-hydrogen) atoms. The zero-order valence-electron chi connectivity index (χ0n) is 13.0. The number of hydrogen-bond donors (Lipinski definition) is 1. The Morgan fingerprint density at radius 2 is 1.96 bits per heavy atom. The number of rotatable bonds is 6. The highest BCUT2D eigenvalue weighted by Crippen LogP contribution is 2.25. The summed E-state index contributed by atoms with van der Waals surface area (Å²) in [6, 6.07) is 10.1. The number of aromatic nitrogens is 2. The van der Waals surface area contributed by atoms with Gasteiger partial charge in [-0.3, -0.25) is 0 Å². The van der Waals surface area contributed by atoms with Crippen LogP contribution in [0, 0.1) is 0 Å². The molecule has 0 aliphatic carbocycles. The third-order valence-corrected chi connectivity index (χ3v) is 5.45. The molecule has 0 spiro atoms. The summed E-state index contributed by atoms with van der Waals surface area (Å²) >= 11 is 0.980. The minimum atomic E-state index is -3.74. The molecule has 0 atom stereocenters. The van der Waals surface area contributed by atoms with Crippen molar-refractivity contribution in [2.75, 3.05) is 14.2 Å². The van der Waals surface area contributed by atoms with Crippen LogP contribution in [0.5, 0.6) is 11.5 Å². The van der Waals surface area contributed by atoms with Crippen molar-refractivity contribution < 1.29 is 17.9 Å². The van der Waals surface area contributed by atoms with Crippen LogP contribution in [0.2, 0.25) is 0 Å². The molecular formula is C15H15N3O4S2. The second-order valence-electron chi connectivity index (χ2n) is 4.89. The maximum absolute atomic E-state index is 12.6. The molecule has 0 aliphatic heterocycles. The van der Waals surface area contributed by atoms with Crippen LogP contribution >= 0.6 is 11.7 Å². The number of hydrogen-bond acceptors (Lipinski definition) is 7. The molecule has 7 nitrogen and oxygen atoms in total. The van der Waals surface area contributed by atoms with Crippen LogP contribution < -0.4 is 14.2 Å². The topological polar surface area (TPSA) is 90.4 Å². The standard InChI is InChI=1S/C15H15N3O4S2/c1-21-11-6-7-13(22-2)10(8-11)9-16-24(19,20)14-5-3-4-12-15(14)18-23-17-12/h3-8,16H,9H2,1-2H3. The molecule has 0 saturated heterocycles. The van der Waals surface area contributed by atoms with E-state index in [1.54, 1.807) is 37.4 Å². The predicted molar refractivity (Wildman–Crippen MR) is 91.0 cm³/mol. The highest BCUT2D eigenvalue weighted by molar-refractivity contribution is 7.89. The Morgan fingerprint density at radius 3 is 2.71 bits per heavy atom. The number of benzene rings is 2. The maximum Gasteiger partial charge on any atom is 0.243 e. The Hall–Kier alpha value is -2.23. The lowest BCUT2D eigenvalue weighted by atomic mass is 10.2. The first kappa shape index (κ1) is 16.6. The average Bonchev–Trinajstić information content (AvgIpc) is 3.08. The monoisotopic (exact) mass is 365 g/mol. The van der Waals surface area contributed by atoms with Gasteiger partial charge in [0, 0.05) is 12.1 Å². The second-order valence-corrected chi connectivity index (χ2v) is 7.15. The molecule has 1 N–H and O–H groups in total. The smallest absolute Gasteiger partial charge is 0.243 e. The van der Waals surface area contributed by atoms with Crippen molar-refractivity contribution >= 4 is 32.8 Å². The van der Waals surface area contributed by atoms with Crippen LogP contribution in [0.1, 0.15) is 5.56 Å². The van der Waals surface area contributed by atoms with Crippen molar-refractivity contribution in [3.8, 4) is 11.5 Å². The summed E-state index contributed by atoms with van der Waals surface area (Å²) in [6.45, 7) is 0.0661. The van der Waals surface area contributed by atoms with Gasteiger partial charge in [-0.2, -0.15) is 8.75 Å². The summed E-state index contributed by atoms with van der Waals surface area (Å²) in [6.07, 6.45) is 0. The van der Waals surface area contributed by atoms with Crippen LogP contribution in [0.3, 0.4) is 0 Å². The van der Waals surface area contributed by atoms with Gasteiger partial charge in [-0.25, -0.2) is 13.1 Å². The molecule has 1 aromatic heterocycles. The molecule has 2 aromatic carbocycles. The van der Waals surface area contributed by atoms with E-state index in [1.165, 1.54) is 13.2 Å². The van der Waals surface area contributed by atoms with Crippen molar-refractivity contribution in [1.29, 1.82) is 0 Å². The van der Waals surface area contributed by atoms with Gasteiger partial charge in [-0.05, 0) is 30.3 Å². The van der Waals surface area contributed by atoms with Crippen LogP contribution in [0.4, 0.5) is 0 Å². The molecule has 0 aliphatic rings. The maximum atomic E-state index is 12.6. The highest BCUT2D eigenvalue weighted by Gasteiger charge is 2.20. The zero-order valence-corrected chi connectivity index (χ0v) is 14.6. The van der Waals surface area contributed by atoms with E-state index in [0.29, 0.717) is 28.1 Å². The van der Waals surface area contributed by atoms with Gasteiger partial charge in [0.05, 0.1) is 25.9 Å². The van der Waals surface area contributed by atoms with Crippen LogP contribution in [-0.2, 0) is 16.6 Å². The SMILES string of the molecule is COc1ccc(OC)c(CNS(=O)(=O)c2cccc3nsnc23)c1. The lowest BCUT2D eigenvalue weighted by Crippen LogP contribution is -2.23. The van der Waals surface area contributed by atoms with Gasteiger partial charge in [0.1, 0.15) is 27.4 Å². The molecule has 126 valence electrons. The fourth-order valence-electron chi connectivity index (χ4n) is 2.27. The third-order valence-electron chi connectivity index (χ3n) is 3.48. The largest absolute Gasteiger partial charge is 0.497 e. The number of methoxy groups -OCH3 is 2. The van der Waals surface area contributed by atoms with Crippen molar-refractivity contribution in [2.24, 2.45) is 0 Å². The van der Waals surface area contributed by atoms with Crippen molar-refractivity contribution in [3.63, 3.8) is 0 Å². The normalized spacial score (nSPS) is 11.6. The van der Waals surface area contributed by atoms with Gasteiger partial charge < -0.3 is 9.47 Å². The van der Waals surface area contributed by atoms with Crippen LogP contribution in [0.25, 0.3) is 11.0 Å². The Bertz CT molecular complexity index is 970. The van der Waals surface area contributed by atoms with E-state index in [1.807, 2.05) is 0 Å². The molecule has 0 saturated carbocycles. The van der Waals surface area contributed by atoms with Crippen LogP contribution in [-0.4, -0.2) is 31.4 Å². The summed E-state index contributed by atoms with van der Waals surface area (Å²) in [5, 5.41) is 0. The number of nitrogens with one attached hydrogen (secondary N) is 1. The molecule has 0 unspecified atom stereocenters. The Labute approximate surface area is 143 Å². The molecule has 3 aromatic rings. The van der Waals surface area contributed by atoms with E-state index < -0.39 is 10.0 Å². The fourth-order valence-corrected chi connectivity index (χ4v) is 4.04. The van der Waals surface area contributed by atoms with Gasteiger partial charge in [0.15, 0.2) is 0 Å². The summed E-state index contributed by atoms with van der Waals surface area (Å²) in [5.74, 6) is 1.20. The molecule has 0 fully saturated rings. The van der Waals surface area contributed by atoms with Gasteiger partial charge >= 0.3 is 0 Å². The lowest BCUT2D eigenvalue weighted by Gasteiger charge is -2.12. The first-order valence-corrected chi connectivity index (χ1v) is 9.18. The third kappa shape index (κ3) is 3.18. The molecular weight excluding hydrogens is 350 g/mol. The second kappa shape index (κ2) is 6.71. The number of ether oxygens (including phenoxy) is 2. The zero-order chi connectivity index (χ0) is 17.2. The molecule has 1 heterocycles. The van der Waals surface area contributed by atoms with E-state index in [2.05, 4.69) is 13.5 Å². The molecule has 0 radical (unpaired) electrons. The molecule has 0 amide bonds. The van der Waals surface area contributed by atoms with Gasteiger partial charge in [0.25, 0.3) is 0 Å². The number of sulfonamides is 1. The van der Waals surface area contributed by atoms with E-state index in [0.717, 1.165) is 11.7 Å². The highest BCUT2D eigenvalue weighted by atomic mass is 32.2. The van der Waals surface area contributed by atoms with Crippen molar-refractivity contribution in [2.45, 2.75) is 11.4 Å². The van der Waals surface area contributed by atoms with Gasteiger partial charge in [0.2, 0.25) is 10.0 Å². The van der Waals surface area contributed by atoms with E-state index in [9.17, 15) is 8.42 Å².